The molecular formula is C13H19N3. The fourth-order valence-corrected chi connectivity index (χ4v) is 1.97. The molecule has 3 nitrogen and oxygen atoms in total. The average molecular weight is 217 g/mol. The fourth-order valence-electron chi connectivity index (χ4n) is 1.97. The first-order valence-electron chi connectivity index (χ1n) is 5.73. The SMILES string of the molecule is CC(C)C(C)c1ccc2c(N)nn(C)c2c1. The molecular weight excluding hydrogens is 198 g/mol. The Morgan fingerprint density at radius 3 is 2.56 bits per heavy atom. The van der Waals surface area contributed by atoms with Crippen molar-refractivity contribution in [2.24, 2.45) is 13.0 Å². The van der Waals surface area contributed by atoms with Gasteiger partial charge in [0.15, 0.2) is 5.82 Å². The summed E-state index contributed by atoms with van der Waals surface area (Å²) in [5.41, 5.74) is 8.30. The third-order valence-corrected chi connectivity index (χ3v) is 3.43. The zero-order valence-electron chi connectivity index (χ0n) is 10.4. The number of hydrogen-bond donors (Lipinski definition) is 1. The molecule has 0 amide bonds. The van der Waals surface area contributed by atoms with Gasteiger partial charge in [-0.15, -0.1) is 0 Å². The summed E-state index contributed by atoms with van der Waals surface area (Å²) in [6.07, 6.45) is 0. The van der Waals surface area contributed by atoms with Gasteiger partial charge in [-0.3, -0.25) is 4.68 Å². The first-order valence-corrected chi connectivity index (χ1v) is 5.73. The summed E-state index contributed by atoms with van der Waals surface area (Å²) in [5, 5.41) is 5.27. The van der Waals surface area contributed by atoms with Gasteiger partial charge in [0.05, 0.1) is 5.52 Å². The molecule has 0 saturated heterocycles. The number of hydrogen-bond acceptors (Lipinski definition) is 2. The van der Waals surface area contributed by atoms with Crippen LogP contribution in [0.1, 0.15) is 32.3 Å². The third-order valence-electron chi connectivity index (χ3n) is 3.43. The van der Waals surface area contributed by atoms with E-state index < -0.39 is 0 Å². The van der Waals surface area contributed by atoms with Crippen LogP contribution in [-0.4, -0.2) is 9.78 Å². The predicted molar refractivity (Wildman–Crippen MR) is 68.4 cm³/mol. The molecule has 1 heterocycles. The molecule has 0 aliphatic carbocycles. The Kier molecular flexibility index (Phi) is 2.62. The average Bonchev–Trinajstić information content (AvgIpc) is 2.53. The van der Waals surface area contributed by atoms with Crippen molar-refractivity contribution in [1.82, 2.24) is 9.78 Å². The van der Waals surface area contributed by atoms with Gasteiger partial charge in [-0.05, 0) is 29.5 Å². The van der Waals surface area contributed by atoms with E-state index in [-0.39, 0.29) is 0 Å². The van der Waals surface area contributed by atoms with Crippen LogP contribution in [0.4, 0.5) is 5.82 Å². The first kappa shape index (κ1) is 11.0. The Balaban J connectivity index is 2.55. The molecule has 3 heteroatoms. The molecule has 0 saturated carbocycles. The zero-order chi connectivity index (χ0) is 11.9. The van der Waals surface area contributed by atoms with Crippen LogP contribution in [0.15, 0.2) is 18.2 Å². The topological polar surface area (TPSA) is 43.8 Å². The Hall–Kier alpha value is -1.51. The van der Waals surface area contributed by atoms with E-state index in [1.165, 1.54) is 5.56 Å². The van der Waals surface area contributed by atoms with Crippen LogP contribution >= 0.6 is 0 Å². The Morgan fingerprint density at radius 1 is 1.25 bits per heavy atom. The van der Waals surface area contributed by atoms with Gasteiger partial charge in [0, 0.05) is 12.4 Å². The van der Waals surface area contributed by atoms with Crippen molar-refractivity contribution >= 4 is 16.7 Å². The predicted octanol–water partition coefficient (Wildman–Crippen LogP) is 2.92. The lowest BCUT2D eigenvalue weighted by atomic mass is 9.90. The van der Waals surface area contributed by atoms with E-state index in [2.05, 4.69) is 44.1 Å². The summed E-state index contributed by atoms with van der Waals surface area (Å²) in [4.78, 5) is 0. The van der Waals surface area contributed by atoms with Crippen LogP contribution in [0.25, 0.3) is 10.9 Å². The van der Waals surface area contributed by atoms with Gasteiger partial charge >= 0.3 is 0 Å². The Morgan fingerprint density at radius 2 is 1.94 bits per heavy atom. The number of nitrogens with two attached hydrogens (primary N) is 1. The van der Waals surface area contributed by atoms with E-state index in [9.17, 15) is 0 Å². The van der Waals surface area contributed by atoms with Gasteiger partial charge in [-0.25, -0.2) is 0 Å². The number of aromatic nitrogens is 2. The number of rotatable bonds is 2. The summed E-state index contributed by atoms with van der Waals surface area (Å²) in [6.45, 7) is 6.74. The van der Waals surface area contributed by atoms with Gasteiger partial charge in [0.1, 0.15) is 0 Å². The van der Waals surface area contributed by atoms with Gasteiger partial charge < -0.3 is 5.73 Å². The van der Waals surface area contributed by atoms with Crippen molar-refractivity contribution in [3.63, 3.8) is 0 Å². The zero-order valence-corrected chi connectivity index (χ0v) is 10.4. The molecule has 2 aromatic rings. The van der Waals surface area contributed by atoms with E-state index in [0.717, 1.165) is 10.9 Å². The minimum Gasteiger partial charge on any atom is -0.382 e. The van der Waals surface area contributed by atoms with E-state index in [1.807, 2.05) is 11.7 Å². The highest BCUT2D eigenvalue weighted by Gasteiger charge is 2.12. The second kappa shape index (κ2) is 3.81. The van der Waals surface area contributed by atoms with Crippen molar-refractivity contribution in [1.29, 1.82) is 0 Å². The highest BCUT2D eigenvalue weighted by molar-refractivity contribution is 5.89. The molecule has 0 aliphatic rings. The van der Waals surface area contributed by atoms with Crippen molar-refractivity contribution in [2.75, 3.05) is 5.73 Å². The van der Waals surface area contributed by atoms with Crippen LogP contribution in [0.5, 0.6) is 0 Å². The maximum absolute atomic E-state index is 5.83. The molecule has 0 fully saturated rings. The molecule has 1 aromatic heterocycles. The lowest BCUT2D eigenvalue weighted by molar-refractivity contribution is 0.535. The van der Waals surface area contributed by atoms with Crippen molar-refractivity contribution in [3.05, 3.63) is 23.8 Å². The molecule has 1 aromatic carbocycles. The van der Waals surface area contributed by atoms with Gasteiger partial charge in [-0.1, -0.05) is 26.8 Å². The number of nitrogen functional groups attached to an aromatic ring is 1. The van der Waals surface area contributed by atoms with Crippen molar-refractivity contribution in [2.45, 2.75) is 26.7 Å². The minimum absolute atomic E-state index is 0.556. The molecule has 16 heavy (non-hydrogen) atoms. The van der Waals surface area contributed by atoms with Crippen molar-refractivity contribution in [3.8, 4) is 0 Å². The third kappa shape index (κ3) is 1.66. The number of fused-ring (bicyclic) bond motifs is 1. The maximum atomic E-state index is 5.83. The van der Waals surface area contributed by atoms with E-state index in [0.29, 0.717) is 17.7 Å². The molecule has 2 rings (SSSR count). The van der Waals surface area contributed by atoms with E-state index >= 15 is 0 Å². The summed E-state index contributed by atoms with van der Waals surface area (Å²) in [5.74, 6) is 1.81. The standard InChI is InChI=1S/C13H19N3/c1-8(2)9(3)10-5-6-11-12(7-10)16(4)15-13(11)14/h5-9H,1-4H3,(H2,14,15). The van der Waals surface area contributed by atoms with Crippen LogP contribution < -0.4 is 5.73 Å². The maximum Gasteiger partial charge on any atom is 0.153 e. The molecule has 1 unspecified atom stereocenters. The van der Waals surface area contributed by atoms with Crippen LogP contribution in [0, 0.1) is 5.92 Å². The highest BCUT2D eigenvalue weighted by Crippen LogP contribution is 2.28. The quantitative estimate of drug-likeness (QED) is 0.840. The molecule has 0 aliphatic heterocycles. The summed E-state index contributed by atoms with van der Waals surface area (Å²) < 4.78 is 1.85. The van der Waals surface area contributed by atoms with E-state index in [1.54, 1.807) is 0 Å². The monoisotopic (exact) mass is 217 g/mol. The number of benzene rings is 1. The van der Waals surface area contributed by atoms with Gasteiger partial charge in [-0.2, -0.15) is 5.10 Å². The van der Waals surface area contributed by atoms with Gasteiger partial charge in [0.2, 0.25) is 0 Å². The second-order valence-electron chi connectivity index (χ2n) is 4.82. The Labute approximate surface area is 96.2 Å². The summed E-state index contributed by atoms with van der Waals surface area (Å²) in [6, 6.07) is 6.43. The molecule has 1 atom stereocenters. The number of aryl methyl sites for hydroxylation is 1. The van der Waals surface area contributed by atoms with Crippen molar-refractivity contribution < 1.29 is 0 Å². The molecule has 0 bridgehead atoms. The van der Waals surface area contributed by atoms with Crippen LogP contribution in [0.3, 0.4) is 0 Å². The normalized spacial score (nSPS) is 13.6. The summed E-state index contributed by atoms with van der Waals surface area (Å²) >= 11 is 0. The second-order valence-corrected chi connectivity index (χ2v) is 4.82. The molecule has 0 radical (unpaired) electrons. The summed E-state index contributed by atoms with van der Waals surface area (Å²) in [7, 11) is 1.93. The van der Waals surface area contributed by atoms with Crippen LogP contribution in [0.2, 0.25) is 0 Å². The lowest BCUT2D eigenvalue weighted by Crippen LogP contribution is -2.02. The van der Waals surface area contributed by atoms with Gasteiger partial charge in [0.25, 0.3) is 0 Å². The van der Waals surface area contributed by atoms with Crippen LogP contribution in [-0.2, 0) is 7.05 Å². The first-order chi connectivity index (χ1) is 7.50. The number of anilines is 1. The van der Waals surface area contributed by atoms with E-state index in [4.69, 9.17) is 5.73 Å². The Bertz CT molecular complexity index is 511. The molecule has 0 spiro atoms. The lowest BCUT2D eigenvalue weighted by Gasteiger charge is -2.15. The smallest absolute Gasteiger partial charge is 0.153 e. The minimum atomic E-state index is 0.556. The molecule has 86 valence electrons. The number of nitrogens with zero attached hydrogens (tertiary/aromatic N) is 2. The highest BCUT2D eigenvalue weighted by atomic mass is 15.3. The molecule has 2 N–H and O–H groups in total. The fraction of sp³-hybridized carbons (Fsp3) is 0.462. The largest absolute Gasteiger partial charge is 0.382 e.